The van der Waals surface area contributed by atoms with Gasteiger partial charge in [-0.3, -0.25) is 4.79 Å². The molecule has 4 rings (SSSR count). The molecule has 4 aromatic rings. The van der Waals surface area contributed by atoms with E-state index in [0.29, 0.717) is 22.5 Å². The van der Waals surface area contributed by atoms with Crippen molar-refractivity contribution < 1.29 is 9.53 Å². The van der Waals surface area contributed by atoms with Crippen LogP contribution >= 0.6 is 0 Å². The number of H-pyrrole nitrogens is 1. The highest BCUT2D eigenvalue weighted by molar-refractivity contribution is 6.05. The third kappa shape index (κ3) is 3.32. The summed E-state index contributed by atoms with van der Waals surface area (Å²) in [6.45, 7) is 0. The Morgan fingerprint density at radius 1 is 0.840 bits per heavy atom. The van der Waals surface area contributed by atoms with E-state index in [4.69, 9.17) is 4.74 Å². The Hall–Kier alpha value is -3.67. The average molecular weight is 330 g/mol. The van der Waals surface area contributed by atoms with E-state index >= 15 is 0 Å². The third-order valence-electron chi connectivity index (χ3n) is 3.67. The Morgan fingerprint density at radius 3 is 2.36 bits per heavy atom. The number of rotatable bonds is 4. The maximum atomic E-state index is 12.4. The Morgan fingerprint density at radius 2 is 1.56 bits per heavy atom. The van der Waals surface area contributed by atoms with Crippen molar-refractivity contribution in [1.82, 2.24) is 15.4 Å². The number of aromatic amines is 1. The van der Waals surface area contributed by atoms with Crippen LogP contribution in [0.5, 0.6) is 11.5 Å². The highest BCUT2D eigenvalue weighted by Gasteiger charge is 2.08. The van der Waals surface area contributed by atoms with Gasteiger partial charge in [0.2, 0.25) is 0 Å². The molecular formula is C19H14N4O2. The number of hydrogen-bond acceptors (Lipinski definition) is 4. The minimum Gasteiger partial charge on any atom is -0.457 e. The van der Waals surface area contributed by atoms with Crippen molar-refractivity contribution >= 4 is 22.6 Å². The number of carbonyl (C=O) groups is 1. The summed E-state index contributed by atoms with van der Waals surface area (Å²) in [5.74, 6) is 1.26. The average Bonchev–Trinajstić information content (AvgIpc) is 3.12. The second-order valence-corrected chi connectivity index (χ2v) is 5.42. The van der Waals surface area contributed by atoms with Crippen molar-refractivity contribution in [1.29, 1.82) is 0 Å². The molecule has 6 heteroatoms. The lowest BCUT2D eigenvalue weighted by Gasteiger charge is -2.08. The Labute approximate surface area is 143 Å². The zero-order chi connectivity index (χ0) is 17.1. The summed E-state index contributed by atoms with van der Waals surface area (Å²) >= 11 is 0. The molecule has 122 valence electrons. The maximum Gasteiger partial charge on any atom is 0.255 e. The number of para-hydroxylation sites is 1. The van der Waals surface area contributed by atoms with Gasteiger partial charge in [-0.2, -0.15) is 15.4 Å². The normalized spacial score (nSPS) is 10.6. The zero-order valence-electron chi connectivity index (χ0n) is 13.1. The number of benzene rings is 3. The van der Waals surface area contributed by atoms with Crippen LogP contribution < -0.4 is 10.1 Å². The van der Waals surface area contributed by atoms with E-state index in [0.717, 1.165) is 11.3 Å². The first kappa shape index (κ1) is 14.9. The van der Waals surface area contributed by atoms with Crippen molar-refractivity contribution in [2.24, 2.45) is 0 Å². The van der Waals surface area contributed by atoms with Gasteiger partial charge < -0.3 is 10.1 Å². The molecule has 0 saturated carbocycles. The van der Waals surface area contributed by atoms with Crippen LogP contribution in [-0.2, 0) is 0 Å². The van der Waals surface area contributed by atoms with Crippen molar-refractivity contribution in [2.45, 2.75) is 0 Å². The zero-order valence-corrected chi connectivity index (χ0v) is 13.1. The number of nitrogens with zero attached hydrogens (tertiary/aromatic N) is 2. The summed E-state index contributed by atoms with van der Waals surface area (Å²) in [6, 6.07) is 21.9. The summed E-state index contributed by atoms with van der Waals surface area (Å²) in [6.07, 6.45) is 0. The Kier molecular flexibility index (Phi) is 3.84. The van der Waals surface area contributed by atoms with E-state index in [1.807, 2.05) is 42.5 Å². The van der Waals surface area contributed by atoms with E-state index < -0.39 is 0 Å². The number of nitrogens with one attached hydrogen (secondary N) is 2. The molecule has 6 nitrogen and oxygen atoms in total. The molecule has 1 heterocycles. The van der Waals surface area contributed by atoms with Crippen LogP contribution in [0, 0.1) is 0 Å². The number of hydrogen-bond donors (Lipinski definition) is 2. The van der Waals surface area contributed by atoms with E-state index in [1.165, 1.54) is 0 Å². The van der Waals surface area contributed by atoms with Gasteiger partial charge in [-0.05, 0) is 54.6 Å². The molecule has 0 unspecified atom stereocenters. The molecule has 0 aliphatic rings. The fourth-order valence-corrected chi connectivity index (χ4v) is 2.42. The fraction of sp³-hybridized carbons (Fsp3) is 0. The van der Waals surface area contributed by atoms with E-state index in [1.54, 1.807) is 30.3 Å². The summed E-state index contributed by atoms with van der Waals surface area (Å²) < 4.78 is 5.73. The number of carbonyl (C=O) groups excluding carboxylic acids is 1. The molecule has 25 heavy (non-hydrogen) atoms. The number of amides is 1. The topological polar surface area (TPSA) is 79.9 Å². The minimum atomic E-state index is -0.207. The molecule has 0 aliphatic carbocycles. The number of anilines is 1. The fourth-order valence-electron chi connectivity index (χ4n) is 2.42. The lowest BCUT2D eigenvalue weighted by Crippen LogP contribution is -2.11. The molecule has 0 fully saturated rings. The van der Waals surface area contributed by atoms with Crippen LogP contribution in [0.3, 0.4) is 0 Å². The molecule has 0 spiro atoms. The van der Waals surface area contributed by atoms with Gasteiger partial charge in [-0.15, -0.1) is 0 Å². The van der Waals surface area contributed by atoms with Gasteiger partial charge in [0.15, 0.2) is 0 Å². The van der Waals surface area contributed by atoms with E-state index in [9.17, 15) is 4.79 Å². The standard InChI is InChI=1S/C19H14N4O2/c24-19(13-6-11-17-18(12-13)22-23-21-17)20-14-7-9-16(10-8-14)25-15-4-2-1-3-5-15/h1-12H,(H,20,24)(H,21,22,23). The lowest BCUT2D eigenvalue weighted by molar-refractivity contribution is 0.102. The first-order chi connectivity index (χ1) is 12.3. The molecule has 0 saturated heterocycles. The summed E-state index contributed by atoms with van der Waals surface area (Å²) in [5.41, 5.74) is 2.58. The smallest absolute Gasteiger partial charge is 0.255 e. The van der Waals surface area contributed by atoms with Gasteiger partial charge in [0.05, 0.1) is 0 Å². The molecular weight excluding hydrogens is 316 g/mol. The second-order valence-electron chi connectivity index (χ2n) is 5.42. The highest BCUT2D eigenvalue weighted by atomic mass is 16.5. The summed E-state index contributed by atoms with van der Waals surface area (Å²) in [5, 5.41) is 13.3. The molecule has 3 aromatic carbocycles. The van der Waals surface area contributed by atoms with Gasteiger partial charge in [-0.25, -0.2) is 0 Å². The first-order valence-electron chi connectivity index (χ1n) is 7.73. The van der Waals surface area contributed by atoms with Crippen LogP contribution in [-0.4, -0.2) is 21.3 Å². The SMILES string of the molecule is O=C(Nc1ccc(Oc2ccccc2)cc1)c1ccc2n[nH]nc2c1. The highest BCUT2D eigenvalue weighted by Crippen LogP contribution is 2.23. The molecule has 2 N–H and O–H groups in total. The van der Waals surface area contributed by atoms with Crippen LogP contribution in [0.1, 0.15) is 10.4 Å². The molecule has 0 radical (unpaired) electrons. The number of ether oxygens (including phenoxy) is 1. The monoisotopic (exact) mass is 330 g/mol. The third-order valence-corrected chi connectivity index (χ3v) is 3.67. The van der Waals surface area contributed by atoms with Crippen molar-refractivity contribution in [3.63, 3.8) is 0 Å². The number of fused-ring (bicyclic) bond motifs is 1. The van der Waals surface area contributed by atoms with Gasteiger partial charge in [-0.1, -0.05) is 18.2 Å². The first-order valence-corrected chi connectivity index (χ1v) is 7.73. The van der Waals surface area contributed by atoms with Gasteiger partial charge in [0, 0.05) is 11.3 Å². The van der Waals surface area contributed by atoms with Crippen LogP contribution in [0.2, 0.25) is 0 Å². The van der Waals surface area contributed by atoms with Crippen LogP contribution in [0.4, 0.5) is 5.69 Å². The van der Waals surface area contributed by atoms with Gasteiger partial charge in [0.25, 0.3) is 5.91 Å². The molecule has 0 aliphatic heterocycles. The predicted molar refractivity (Wildman–Crippen MR) is 94.8 cm³/mol. The number of aromatic nitrogens is 3. The van der Waals surface area contributed by atoms with E-state index in [2.05, 4.69) is 20.7 Å². The second kappa shape index (κ2) is 6.45. The van der Waals surface area contributed by atoms with Crippen molar-refractivity contribution in [3.8, 4) is 11.5 Å². The Bertz CT molecular complexity index is 1010. The molecule has 1 amide bonds. The van der Waals surface area contributed by atoms with Crippen molar-refractivity contribution in [3.05, 3.63) is 78.4 Å². The lowest BCUT2D eigenvalue weighted by atomic mass is 10.2. The van der Waals surface area contributed by atoms with Gasteiger partial charge >= 0.3 is 0 Å². The van der Waals surface area contributed by atoms with E-state index in [-0.39, 0.29) is 5.91 Å². The maximum absolute atomic E-state index is 12.4. The predicted octanol–water partition coefficient (Wildman–Crippen LogP) is 4.00. The van der Waals surface area contributed by atoms with Crippen LogP contribution in [0.15, 0.2) is 72.8 Å². The minimum absolute atomic E-state index is 0.207. The largest absolute Gasteiger partial charge is 0.457 e. The summed E-state index contributed by atoms with van der Waals surface area (Å²) in [4.78, 5) is 12.4. The molecule has 0 bridgehead atoms. The van der Waals surface area contributed by atoms with Crippen molar-refractivity contribution in [2.75, 3.05) is 5.32 Å². The molecule has 0 atom stereocenters. The summed E-state index contributed by atoms with van der Waals surface area (Å²) in [7, 11) is 0. The quantitative estimate of drug-likeness (QED) is 0.592. The van der Waals surface area contributed by atoms with Crippen LogP contribution in [0.25, 0.3) is 11.0 Å². The molecule has 1 aromatic heterocycles. The van der Waals surface area contributed by atoms with Gasteiger partial charge in [0.1, 0.15) is 22.5 Å². The Balaban J connectivity index is 1.46.